The molecule has 2 rings (SSSR count). The molecule has 2 atom stereocenters. The van der Waals surface area contributed by atoms with Gasteiger partial charge >= 0.3 is 0 Å². The summed E-state index contributed by atoms with van der Waals surface area (Å²) in [6.45, 7) is 5.88. The van der Waals surface area contributed by atoms with Crippen LogP contribution in [0.25, 0.3) is 0 Å². The molecule has 1 saturated heterocycles. The molecule has 5 heteroatoms. The molecule has 0 saturated carbocycles. The molecule has 1 aliphatic heterocycles. The third kappa shape index (κ3) is 4.11. The van der Waals surface area contributed by atoms with E-state index in [1.54, 1.807) is 0 Å². The molecule has 4 nitrogen and oxygen atoms in total. The highest BCUT2D eigenvalue weighted by Crippen LogP contribution is 2.11. The average molecular weight is 285 g/mol. The Labute approximate surface area is 120 Å². The predicted molar refractivity (Wildman–Crippen MR) is 77.8 cm³/mol. The minimum absolute atomic E-state index is 0. The van der Waals surface area contributed by atoms with Crippen molar-refractivity contribution in [3.63, 3.8) is 0 Å². The summed E-state index contributed by atoms with van der Waals surface area (Å²) in [6, 6.07) is 9.98. The molecule has 0 aromatic heterocycles. The number of piperazine rings is 1. The number of para-hydroxylation sites is 1. The van der Waals surface area contributed by atoms with Gasteiger partial charge in [-0.1, -0.05) is 18.2 Å². The number of hydrogen-bond acceptors (Lipinski definition) is 3. The highest BCUT2D eigenvalue weighted by atomic mass is 35.5. The van der Waals surface area contributed by atoms with Gasteiger partial charge in [-0.2, -0.15) is 0 Å². The average Bonchev–Trinajstić information content (AvgIpc) is 2.40. The second kappa shape index (κ2) is 7.36. The normalized spacial score (nSPS) is 22.5. The van der Waals surface area contributed by atoms with E-state index in [1.807, 2.05) is 35.2 Å². The van der Waals surface area contributed by atoms with Crippen LogP contribution >= 0.6 is 12.4 Å². The maximum absolute atomic E-state index is 12.1. The van der Waals surface area contributed by atoms with Crippen molar-refractivity contribution in [3.8, 4) is 5.75 Å². The van der Waals surface area contributed by atoms with E-state index in [-0.39, 0.29) is 31.0 Å². The van der Waals surface area contributed by atoms with Crippen molar-refractivity contribution in [1.29, 1.82) is 0 Å². The molecule has 1 aromatic rings. The van der Waals surface area contributed by atoms with Crippen LogP contribution in [0.3, 0.4) is 0 Å². The van der Waals surface area contributed by atoms with Crippen LogP contribution in [0.15, 0.2) is 30.3 Å². The maximum Gasteiger partial charge on any atom is 0.260 e. The number of ether oxygens (including phenoxy) is 1. The van der Waals surface area contributed by atoms with Gasteiger partial charge in [-0.15, -0.1) is 12.4 Å². The van der Waals surface area contributed by atoms with Gasteiger partial charge in [0.2, 0.25) is 0 Å². The first-order chi connectivity index (χ1) is 8.68. The number of benzene rings is 1. The van der Waals surface area contributed by atoms with Crippen LogP contribution in [0.5, 0.6) is 5.75 Å². The minimum atomic E-state index is 0. The first-order valence-electron chi connectivity index (χ1n) is 6.39. The number of nitrogens with zero attached hydrogens (tertiary/aromatic N) is 1. The fourth-order valence-corrected chi connectivity index (χ4v) is 2.15. The summed E-state index contributed by atoms with van der Waals surface area (Å²) in [5.41, 5.74) is 0. The lowest BCUT2D eigenvalue weighted by Gasteiger charge is -2.38. The molecule has 0 spiro atoms. The Morgan fingerprint density at radius 1 is 1.37 bits per heavy atom. The van der Waals surface area contributed by atoms with Crippen molar-refractivity contribution >= 4 is 18.3 Å². The SMILES string of the molecule is CC1NCCN(C(=O)COc2ccccc2)C1C.Cl. The second-order valence-corrected chi connectivity index (χ2v) is 4.67. The zero-order valence-electron chi connectivity index (χ0n) is 11.3. The van der Waals surface area contributed by atoms with Gasteiger partial charge in [0, 0.05) is 25.2 Å². The molecule has 1 heterocycles. The van der Waals surface area contributed by atoms with Crippen molar-refractivity contribution < 1.29 is 9.53 Å². The Morgan fingerprint density at radius 2 is 2.05 bits per heavy atom. The standard InChI is InChI=1S/C14H20N2O2.ClH/c1-11-12(2)16(9-8-15-11)14(17)10-18-13-6-4-3-5-7-13;/h3-7,11-12,15H,8-10H2,1-2H3;1H. The number of carbonyl (C=O) groups is 1. The van der Waals surface area contributed by atoms with Gasteiger partial charge in [0.1, 0.15) is 5.75 Å². The van der Waals surface area contributed by atoms with E-state index in [4.69, 9.17) is 4.74 Å². The summed E-state index contributed by atoms with van der Waals surface area (Å²) < 4.78 is 5.49. The fourth-order valence-electron chi connectivity index (χ4n) is 2.15. The van der Waals surface area contributed by atoms with Crippen LogP contribution in [0.4, 0.5) is 0 Å². The summed E-state index contributed by atoms with van der Waals surface area (Å²) >= 11 is 0. The maximum atomic E-state index is 12.1. The highest BCUT2D eigenvalue weighted by molar-refractivity contribution is 5.85. The van der Waals surface area contributed by atoms with Crippen LogP contribution in [0, 0.1) is 0 Å². The van der Waals surface area contributed by atoms with Crippen LogP contribution in [-0.4, -0.2) is 42.6 Å². The molecule has 1 aliphatic rings. The molecule has 0 radical (unpaired) electrons. The Bertz CT molecular complexity index is 400. The third-order valence-corrected chi connectivity index (χ3v) is 3.46. The molecule has 1 fully saturated rings. The lowest BCUT2D eigenvalue weighted by Crippen LogP contribution is -2.58. The first-order valence-corrected chi connectivity index (χ1v) is 6.39. The van der Waals surface area contributed by atoms with Gasteiger partial charge in [-0.25, -0.2) is 0 Å². The van der Waals surface area contributed by atoms with Crippen LogP contribution in [0.2, 0.25) is 0 Å². The van der Waals surface area contributed by atoms with Crippen molar-refractivity contribution in [2.75, 3.05) is 19.7 Å². The second-order valence-electron chi connectivity index (χ2n) is 4.67. The fraction of sp³-hybridized carbons (Fsp3) is 0.500. The third-order valence-electron chi connectivity index (χ3n) is 3.46. The quantitative estimate of drug-likeness (QED) is 0.918. The van der Waals surface area contributed by atoms with Crippen molar-refractivity contribution in [3.05, 3.63) is 30.3 Å². The number of amides is 1. The van der Waals surface area contributed by atoms with E-state index in [0.29, 0.717) is 6.04 Å². The topological polar surface area (TPSA) is 41.6 Å². The monoisotopic (exact) mass is 284 g/mol. The minimum Gasteiger partial charge on any atom is -0.484 e. The van der Waals surface area contributed by atoms with Crippen LogP contribution in [-0.2, 0) is 4.79 Å². The molecule has 106 valence electrons. The Morgan fingerprint density at radius 3 is 2.74 bits per heavy atom. The summed E-state index contributed by atoms with van der Waals surface area (Å²) in [5.74, 6) is 0.793. The van der Waals surface area contributed by atoms with E-state index in [2.05, 4.69) is 19.2 Å². The molecular weight excluding hydrogens is 264 g/mol. The van der Waals surface area contributed by atoms with Gasteiger partial charge in [-0.05, 0) is 26.0 Å². The van der Waals surface area contributed by atoms with Gasteiger partial charge in [0.15, 0.2) is 6.61 Å². The van der Waals surface area contributed by atoms with E-state index < -0.39 is 0 Å². The van der Waals surface area contributed by atoms with Crippen LogP contribution in [0.1, 0.15) is 13.8 Å². The number of hydrogen-bond donors (Lipinski definition) is 1. The molecule has 1 aromatic carbocycles. The predicted octanol–water partition coefficient (Wildman–Crippen LogP) is 1.70. The zero-order chi connectivity index (χ0) is 13.0. The summed E-state index contributed by atoms with van der Waals surface area (Å²) in [5, 5.41) is 3.36. The van der Waals surface area contributed by atoms with E-state index in [0.717, 1.165) is 18.8 Å². The first kappa shape index (κ1) is 15.8. The smallest absolute Gasteiger partial charge is 0.260 e. The molecule has 2 unspecified atom stereocenters. The van der Waals surface area contributed by atoms with Gasteiger partial charge in [-0.3, -0.25) is 4.79 Å². The van der Waals surface area contributed by atoms with E-state index in [9.17, 15) is 4.79 Å². The number of rotatable bonds is 3. The number of carbonyl (C=O) groups excluding carboxylic acids is 1. The van der Waals surface area contributed by atoms with Gasteiger partial charge < -0.3 is 15.0 Å². The Hall–Kier alpha value is -1.26. The molecule has 0 aliphatic carbocycles. The summed E-state index contributed by atoms with van der Waals surface area (Å²) in [7, 11) is 0. The molecule has 0 bridgehead atoms. The zero-order valence-corrected chi connectivity index (χ0v) is 12.2. The lowest BCUT2D eigenvalue weighted by atomic mass is 10.1. The number of halogens is 1. The van der Waals surface area contributed by atoms with Crippen LogP contribution < -0.4 is 10.1 Å². The molecule has 1 amide bonds. The summed E-state index contributed by atoms with van der Waals surface area (Å²) in [6.07, 6.45) is 0. The number of nitrogens with one attached hydrogen (secondary N) is 1. The highest BCUT2D eigenvalue weighted by Gasteiger charge is 2.27. The lowest BCUT2D eigenvalue weighted by molar-refractivity contribution is -0.137. The molecule has 19 heavy (non-hydrogen) atoms. The van der Waals surface area contributed by atoms with E-state index in [1.165, 1.54) is 0 Å². The Kier molecular flexibility index (Phi) is 6.12. The van der Waals surface area contributed by atoms with Crippen molar-refractivity contribution in [2.45, 2.75) is 25.9 Å². The van der Waals surface area contributed by atoms with E-state index >= 15 is 0 Å². The molecule has 1 N–H and O–H groups in total. The largest absolute Gasteiger partial charge is 0.484 e. The van der Waals surface area contributed by atoms with Gasteiger partial charge in [0.25, 0.3) is 5.91 Å². The summed E-state index contributed by atoms with van der Waals surface area (Å²) in [4.78, 5) is 14.0. The van der Waals surface area contributed by atoms with Crippen molar-refractivity contribution in [2.24, 2.45) is 0 Å². The molecular formula is C14H21ClN2O2. The van der Waals surface area contributed by atoms with Crippen molar-refractivity contribution in [1.82, 2.24) is 10.2 Å². The Balaban J connectivity index is 0.00000180. The van der Waals surface area contributed by atoms with Gasteiger partial charge in [0.05, 0.1) is 0 Å².